The quantitative estimate of drug-likeness (QED) is 0.648. The summed E-state index contributed by atoms with van der Waals surface area (Å²) in [7, 11) is -3.79. The highest BCUT2D eigenvalue weighted by Crippen LogP contribution is 2.36. The third kappa shape index (κ3) is 5.91. The minimum atomic E-state index is -4.84. The molecule has 1 aromatic carbocycles. The summed E-state index contributed by atoms with van der Waals surface area (Å²) in [6.45, 7) is 2.90. The van der Waals surface area contributed by atoms with Gasteiger partial charge in [-0.1, -0.05) is 19.1 Å². The zero-order valence-corrected chi connectivity index (χ0v) is 16.1. The Morgan fingerprint density at radius 2 is 1.82 bits per heavy atom. The first-order valence-corrected chi connectivity index (χ1v) is 9.91. The van der Waals surface area contributed by atoms with Crippen molar-refractivity contribution >= 4 is 10.1 Å². The number of ether oxygens (including phenoxy) is 1. The lowest BCUT2D eigenvalue weighted by Crippen LogP contribution is -2.44. The van der Waals surface area contributed by atoms with E-state index in [1.807, 2.05) is 0 Å². The first-order valence-electron chi connectivity index (χ1n) is 8.09. The molecule has 0 aliphatic rings. The first kappa shape index (κ1) is 22.1. The average Bonchev–Trinajstić information content (AvgIpc) is 3.04. The molecule has 0 aliphatic heterocycles. The number of halogens is 3. The van der Waals surface area contributed by atoms with Crippen LogP contribution in [0.4, 0.5) is 13.2 Å². The van der Waals surface area contributed by atoms with Gasteiger partial charge in [0.15, 0.2) is 0 Å². The maximum Gasteiger partial charge on any atom is 0.573 e. The van der Waals surface area contributed by atoms with Gasteiger partial charge < -0.3 is 9.84 Å². The second-order valence-corrected chi connectivity index (χ2v) is 7.98. The normalized spacial score (nSPS) is 17.0. The second-order valence-electron chi connectivity index (χ2n) is 6.38. The highest BCUT2D eigenvalue weighted by Gasteiger charge is 2.41. The van der Waals surface area contributed by atoms with Crippen molar-refractivity contribution in [3.05, 3.63) is 42.5 Å². The molecule has 0 aliphatic carbocycles. The van der Waals surface area contributed by atoms with Gasteiger partial charge >= 0.3 is 6.36 Å². The van der Waals surface area contributed by atoms with Crippen molar-refractivity contribution in [3.8, 4) is 5.75 Å². The number of aromatic nitrogens is 3. The number of rotatable bonds is 8. The molecule has 0 amide bonds. The van der Waals surface area contributed by atoms with Crippen LogP contribution >= 0.6 is 0 Å². The Balaban J connectivity index is 2.38. The van der Waals surface area contributed by atoms with Crippen LogP contribution in [0, 0.1) is 5.92 Å². The first-order chi connectivity index (χ1) is 12.8. The maximum atomic E-state index is 12.4. The molecule has 0 spiro atoms. The molecular weight excluding hydrogens is 403 g/mol. The predicted molar refractivity (Wildman–Crippen MR) is 91.6 cm³/mol. The van der Waals surface area contributed by atoms with Crippen LogP contribution in [0.25, 0.3) is 0 Å². The smallest absolute Gasteiger partial charge is 0.406 e. The molecule has 0 saturated heterocycles. The Bertz CT molecular complexity index is 872. The zero-order chi connectivity index (χ0) is 21.2. The summed E-state index contributed by atoms with van der Waals surface area (Å²) >= 11 is 0. The van der Waals surface area contributed by atoms with Gasteiger partial charge in [0.2, 0.25) is 0 Å². The van der Waals surface area contributed by atoms with Gasteiger partial charge in [-0.15, -0.1) is 13.2 Å². The van der Waals surface area contributed by atoms with Gasteiger partial charge in [0.1, 0.15) is 24.0 Å². The summed E-state index contributed by atoms with van der Waals surface area (Å²) in [5, 5.41) is 15.3. The van der Waals surface area contributed by atoms with E-state index in [4.69, 9.17) is 4.18 Å². The third-order valence-electron chi connectivity index (χ3n) is 4.24. The fourth-order valence-corrected chi connectivity index (χ4v) is 3.47. The van der Waals surface area contributed by atoms with Gasteiger partial charge in [-0.2, -0.15) is 13.5 Å². The van der Waals surface area contributed by atoms with Crippen LogP contribution in [0.2, 0.25) is 0 Å². The number of hydrogen-bond acceptors (Lipinski definition) is 7. The molecule has 0 fully saturated rings. The number of benzene rings is 1. The van der Waals surface area contributed by atoms with Gasteiger partial charge in [0.25, 0.3) is 10.1 Å². The van der Waals surface area contributed by atoms with Crippen molar-refractivity contribution in [3.63, 3.8) is 0 Å². The van der Waals surface area contributed by atoms with E-state index in [-0.39, 0.29) is 12.1 Å². The van der Waals surface area contributed by atoms with Crippen molar-refractivity contribution in [2.45, 2.75) is 38.5 Å². The van der Waals surface area contributed by atoms with E-state index in [1.165, 1.54) is 36.4 Å². The Hall–Kier alpha value is -2.18. The molecule has 28 heavy (non-hydrogen) atoms. The fourth-order valence-electron chi connectivity index (χ4n) is 2.75. The Morgan fingerprint density at radius 1 is 1.21 bits per heavy atom. The molecule has 0 unspecified atom stereocenters. The summed E-state index contributed by atoms with van der Waals surface area (Å²) in [4.78, 5) is 3.79. The fraction of sp³-hybridized carbons (Fsp3) is 0.500. The van der Waals surface area contributed by atoms with Crippen molar-refractivity contribution in [1.82, 2.24) is 14.8 Å². The van der Waals surface area contributed by atoms with E-state index >= 15 is 0 Å². The number of nitrogens with zero attached hydrogens (tertiary/aromatic N) is 3. The van der Waals surface area contributed by atoms with Crippen molar-refractivity contribution < 1.29 is 35.6 Å². The highest BCUT2D eigenvalue weighted by molar-refractivity contribution is 7.86. The average molecular weight is 423 g/mol. The van der Waals surface area contributed by atoms with Crippen LogP contribution in [0.3, 0.4) is 0 Å². The zero-order valence-electron chi connectivity index (χ0n) is 15.3. The SMILES string of the molecule is C[C@H](OS(C)(=O)=O)[C@H](C)[C@](O)(Cn1cncn1)c1ccc(OC(F)(F)F)cc1. The molecule has 12 heteroatoms. The largest absolute Gasteiger partial charge is 0.573 e. The lowest BCUT2D eigenvalue weighted by atomic mass is 9.79. The van der Waals surface area contributed by atoms with Gasteiger partial charge in [-0.3, -0.25) is 4.18 Å². The lowest BCUT2D eigenvalue weighted by molar-refractivity contribution is -0.274. The maximum absolute atomic E-state index is 12.4. The van der Waals surface area contributed by atoms with E-state index in [2.05, 4.69) is 14.8 Å². The molecule has 0 saturated carbocycles. The van der Waals surface area contributed by atoms with E-state index in [1.54, 1.807) is 6.92 Å². The van der Waals surface area contributed by atoms with Crippen molar-refractivity contribution in [2.24, 2.45) is 5.92 Å². The van der Waals surface area contributed by atoms with Crippen LogP contribution in [-0.4, -0.2) is 47.0 Å². The molecule has 0 radical (unpaired) electrons. The minimum Gasteiger partial charge on any atom is -0.406 e. The van der Waals surface area contributed by atoms with E-state index < -0.39 is 39.9 Å². The van der Waals surface area contributed by atoms with Gasteiger partial charge in [0.05, 0.1) is 18.9 Å². The Kier molecular flexibility index (Phi) is 6.36. The number of hydrogen-bond donors (Lipinski definition) is 1. The topological polar surface area (TPSA) is 104 Å². The standard InChI is InChI=1S/C16H20F3N3O5S/c1-11(12(2)27-28(3,24)25)15(23,8-22-10-20-9-21-22)13-4-6-14(7-5-13)26-16(17,18)19/h4-7,9-12,23H,8H2,1-3H3/t11-,12-,15+/m0/s1. The molecule has 2 aromatic rings. The molecule has 3 atom stereocenters. The molecule has 8 nitrogen and oxygen atoms in total. The molecule has 156 valence electrons. The molecule has 2 rings (SSSR count). The highest BCUT2D eigenvalue weighted by atomic mass is 32.2. The molecule has 1 heterocycles. The summed E-state index contributed by atoms with van der Waals surface area (Å²) in [6, 6.07) is 4.65. The van der Waals surface area contributed by atoms with Gasteiger partial charge in [0, 0.05) is 5.92 Å². The van der Waals surface area contributed by atoms with Gasteiger partial charge in [-0.05, 0) is 24.6 Å². The van der Waals surface area contributed by atoms with Crippen LogP contribution in [-0.2, 0) is 26.4 Å². The van der Waals surface area contributed by atoms with Crippen molar-refractivity contribution in [1.29, 1.82) is 0 Å². The number of alkyl halides is 3. The molecule has 0 bridgehead atoms. The monoisotopic (exact) mass is 423 g/mol. The third-order valence-corrected chi connectivity index (χ3v) is 4.89. The van der Waals surface area contributed by atoms with Crippen LogP contribution in [0.15, 0.2) is 36.9 Å². The second kappa shape index (κ2) is 8.05. The van der Waals surface area contributed by atoms with E-state index in [9.17, 15) is 26.7 Å². The predicted octanol–water partition coefficient (Wildman–Crippen LogP) is 2.07. The summed E-state index contributed by atoms with van der Waals surface area (Å²) < 4.78 is 70.1. The summed E-state index contributed by atoms with van der Waals surface area (Å²) in [5.74, 6) is -1.24. The Labute approximate surface area is 160 Å². The molecule has 1 aromatic heterocycles. The molecular formula is C16H20F3N3O5S. The lowest BCUT2D eigenvalue weighted by Gasteiger charge is -2.37. The van der Waals surface area contributed by atoms with Crippen LogP contribution in [0.5, 0.6) is 5.75 Å². The molecule has 1 N–H and O–H groups in total. The van der Waals surface area contributed by atoms with E-state index in [0.29, 0.717) is 0 Å². The minimum absolute atomic E-state index is 0.134. The summed E-state index contributed by atoms with van der Waals surface area (Å²) in [6.07, 6.45) is -2.29. The van der Waals surface area contributed by atoms with E-state index in [0.717, 1.165) is 18.4 Å². The van der Waals surface area contributed by atoms with Gasteiger partial charge in [-0.25, -0.2) is 9.67 Å². The number of aliphatic hydroxyl groups is 1. The van der Waals surface area contributed by atoms with Crippen LogP contribution in [0.1, 0.15) is 19.4 Å². The Morgan fingerprint density at radius 3 is 2.29 bits per heavy atom. The summed E-state index contributed by atoms with van der Waals surface area (Å²) in [5.41, 5.74) is -1.50. The van der Waals surface area contributed by atoms with Crippen LogP contribution < -0.4 is 4.74 Å². The van der Waals surface area contributed by atoms with Crippen molar-refractivity contribution in [2.75, 3.05) is 6.26 Å².